The SMILES string of the molecule is C=C1N=C(N)C=CN1[C@]1(C)O[C@H](CO)C(O)[C@@H]1O. The van der Waals surface area contributed by atoms with Crippen LogP contribution in [0.5, 0.6) is 0 Å². The molecule has 5 N–H and O–H groups in total. The number of hydrogen-bond acceptors (Lipinski definition) is 7. The average molecular weight is 255 g/mol. The molecule has 0 radical (unpaired) electrons. The molecule has 7 nitrogen and oxygen atoms in total. The summed E-state index contributed by atoms with van der Waals surface area (Å²) in [4.78, 5) is 5.45. The quantitative estimate of drug-likeness (QED) is 0.476. The van der Waals surface area contributed by atoms with Crippen molar-refractivity contribution in [3.05, 3.63) is 24.7 Å². The van der Waals surface area contributed by atoms with Crippen LogP contribution in [0.15, 0.2) is 29.7 Å². The molecular weight excluding hydrogens is 238 g/mol. The van der Waals surface area contributed by atoms with Gasteiger partial charge in [0.2, 0.25) is 0 Å². The van der Waals surface area contributed by atoms with Crippen molar-refractivity contribution >= 4 is 5.84 Å². The summed E-state index contributed by atoms with van der Waals surface area (Å²) in [7, 11) is 0. The molecule has 2 heterocycles. The van der Waals surface area contributed by atoms with E-state index >= 15 is 0 Å². The molecule has 0 bridgehead atoms. The molecule has 7 heteroatoms. The average Bonchev–Trinajstić information content (AvgIpc) is 2.54. The van der Waals surface area contributed by atoms with Crippen LogP contribution in [0, 0.1) is 0 Å². The maximum absolute atomic E-state index is 10.1. The van der Waals surface area contributed by atoms with Crippen molar-refractivity contribution in [3.63, 3.8) is 0 Å². The van der Waals surface area contributed by atoms with Crippen molar-refractivity contribution in [3.8, 4) is 0 Å². The lowest BCUT2D eigenvalue weighted by atomic mass is 10.0. The fraction of sp³-hybridized carbons (Fsp3) is 0.545. The Hall–Kier alpha value is -1.41. The summed E-state index contributed by atoms with van der Waals surface area (Å²) < 4.78 is 5.52. The van der Waals surface area contributed by atoms with Gasteiger partial charge in [-0.2, -0.15) is 0 Å². The Kier molecular flexibility index (Phi) is 3.16. The number of hydrogen-bond donors (Lipinski definition) is 4. The predicted molar refractivity (Wildman–Crippen MR) is 64.1 cm³/mol. The molecule has 18 heavy (non-hydrogen) atoms. The van der Waals surface area contributed by atoms with E-state index in [2.05, 4.69) is 11.6 Å². The molecule has 0 aromatic heterocycles. The Bertz CT molecular complexity index is 423. The second-order valence-electron chi connectivity index (χ2n) is 4.47. The molecular formula is C11H17N3O4. The molecule has 0 saturated carbocycles. The highest BCUT2D eigenvalue weighted by molar-refractivity contribution is 5.92. The molecule has 0 aromatic rings. The minimum Gasteiger partial charge on any atom is -0.394 e. The second kappa shape index (κ2) is 4.36. The maximum atomic E-state index is 10.1. The Morgan fingerprint density at radius 1 is 1.61 bits per heavy atom. The summed E-state index contributed by atoms with van der Waals surface area (Å²) >= 11 is 0. The normalized spacial score (nSPS) is 40.2. The van der Waals surface area contributed by atoms with Gasteiger partial charge < -0.3 is 30.7 Å². The van der Waals surface area contributed by atoms with E-state index < -0.39 is 24.0 Å². The number of amidine groups is 1. The minimum atomic E-state index is -1.25. The van der Waals surface area contributed by atoms with Gasteiger partial charge in [-0.15, -0.1) is 0 Å². The molecule has 1 saturated heterocycles. The summed E-state index contributed by atoms with van der Waals surface area (Å²) in [6, 6.07) is 0. The van der Waals surface area contributed by atoms with E-state index in [1.807, 2.05) is 0 Å². The van der Waals surface area contributed by atoms with Gasteiger partial charge in [-0.25, -0.2) is 4.99 Å². The lowest BCUT2D eigenvalue weighted by Gasteiger charge is -2.39. The van der Waals surface area contributed by atoms with Crippen molar-refractivity contribution < 1.29 is 20.1 Å². The number of ether oxygens (including phenoxy) is 1. The van der Waals surface area contributed by atoms with E-state index in [0.717, 1.165) is 0 Å². The zero-order valence-electron chi connectivity index (χ0n) is 10.0. The molecule has 2 aliphatic heterocycles. The van der Waals surface area contributed by atoms with Gasteiger partial charge in [-0.3, -0.25) is 0 Å². The van der Waals surface area contributed by atoms with Crippen molar-refractivity contribution in [1.82, 2.24) is 4.90 Å². The monoisotopic (exact) mass is 255 g/mol. The van der Waals surface area contributed by atoms with Crippen molar-refractivity contribution in [1.29, 1.82) is 0 Å². The highest BCUT2D eigenvalue weighted by Gasteiger charge is 2.54. The Labute approximate surface area is 104 Å². The largest absolute Gasteiger partial charge is 0.394 e. The van der Waals surface area contributed by atoms with Crippen LogP contribution < -0.4 is 5.73 Å². The first-order valence-corrected chi connectivity index (χ1v) is 5.55. The number of rotatable bonds is 2. The number of nitrogens with two attached hydrogens (primary N) is 1. The molecule has 2 aliphatic rings. The van der Waals surface area contributed by atoms with E-state index in [4.69, 9.17) is 15.6 Å². The molecule has 2 rings (SSSR count). The summed E-state index contributed by atoms with van der Waals surface area (Å²) in [5.41, 5.74) is 4.28. The summed E-state index contributed by atoms with van der Waals surface area (Å²) in [5.74, 6) is 0.592. The van der Waals surface area contributed by atoms with Crippen LogP contribution in [0.2, 0.25) is 0 Å². The molecule has 1 fully saturated rings. The Balaban J connectivity index is 2.28. The highest BCUT2D eigenvalue weighted by Crippen LogP contribution is 2.37. The Morgan fingerprint density at radius 3 is 2.78 bits per heavy atom. The second-order valence-corrected chi connectivity index (χ2v) is 4.47. The third kappa shape index (κ3) is 1.81. The number of aliphatic hydroxyl groups is 3. The maximum Gasteiger partial charge on any atom is 0.172 e. The standard InChI is InChI=1S/C11H17N3O4/c1-6-13-8(12)3-4-14(6)11(2)10(17)9(16)7(5-15)18-11/h3-4,7,9-10,15-17H,1,5H2,2H3,(H2,12,13)/t7-,9?,10+,11-/m1/s1. The van der Waals surface area contributed by atoms with Gasteiger partial charge in [0.25, 0.3) is 0 Å². The van der Waals surface area contributed by atoms with Gasteiger partial charge in [0.05, 0.1) is 6.61 Å². The van der Waals surface area contributed by atoms with Gasteiger partial charge in [0.15, 0.2) is 5.72 Å². The molecule has 100 valence electrons. The first kappa shape index (κ1) is 13.0. The zero-order valence-corrected chi connectivity index (χ0v) is 10.0. The highest BCUT2D eigenvalue weighted by atomic mass is 16.6. The van der Waals surface area contributed by atoms with Crippen molar-refractivity contribution in [2.45, 2.75) is 31.0 Å². The number of aliphatic hydroxyl groups excluding tert-OH is 3. The van der Waals surface area contributed by atoms with Gasteiger partial charge in [0.1, 0.15) is 30.0 Å². The molecule has 0 spiro atoms. The van der Waals surface area contributed by atoms with E-state index in [0.29, 0.717) is 11.7 Å². The van der Waals surface area contributed by atoms with E-state index in [9.17, 15) is 10.2 Å². The summed E-state index contributed by atoms with van der Waals surface area (Å²) in [5, 5.41) is 28.9. The smallest absolute Gasteiger partial charge is 0.172 e. The fourth-order valence-electron chi connectivity index (χ4n) is 2.19. The van der Waals surface area contributed by atoms with Crippen LogP contribution in [0.3, 0.4) is 0 Å². The van der Waals surface area contributed by atoms with Gasteiger partial charge >= 0.3 is 0 Å². The van der Waals surface area contributed by atoms with Gasteiger partial charge in [-0.05, 0) is 13.0 Å². The van der Waals surface area contributed by atoms with Crippen molar-refractivity contribution in [2.24, 2.45) is 10.7 Å². The number of aliphatic imine (C=N–C) groups is 1. The molecule has 0 aromatic carbocycles. The van der Waals surface area contributed by atoms with Crippen LogP contribution in [-0.2, 0) is 4.74 Å². The summed E-state index contributed by atoms with van der Waals surface area (Å²) in [6.07, 6.45) is -0.126. The molecule has 0 aliphatic carbocycles. The Morgan fingerprint density at radius 2 is 2.28 bits per heavy atom. The molecule has 1 unspecified atom stereocenters. The fourth-order valence-corrected chi connectivity index (χ4v) is 2.19. The first-order valence-electron chi connectivity index (χ1n) is 5.55. The zero-order chi connectivity index (χ0) is 13.5. The third-order valence-electron chi connectivity index (χ3n) is 3.23. The lowest BCUT2D eigenvalue weighted by molar-refractivity contribution is -0.148. The van der Waals surface area contributed by atoms with Crippen LogP contribution in [0.25, 0.3) is 0 Å². The molecule has 4 atom stereocenters. The van der Waals surface area contributed by atoms with Crippen LogP contribution in [-0.4, -0.2) is 56.7 Å². The van der Waals surface area contributed by atoms with Gasteiger partial charge in [0, 0.05) is 6.20 Å². The molecule has 0 amide bonds. The van der Waals surface area contributed by atoms with E-state index in [-0.39, 0.29) is 6.61 Å². The van der Waals surface area contributed by atoms with Crippen molar-refractivity contribution in [2.75, 3.05) is 6.61 Å². The van der Waals surface area contributed by atoms with Crippen LogP contribution in [0.1, 0.15) is 6.92 Å². The van der Waals surface area contributed by atoms with Crippen LogP contribution in [0.4, 0.5) is 0 Å². The minimum absolute atomic E-state index is 0.294. The van der Waals surface area contributed by atoms with E-state index in [1.165, 1.54) is 11.0 Å². The topological polar surface area (TPSA) is 112 Å². The lowest BCUT2D eigenvalue weighted by Crippen LogP contribution is -2.52. The van der Waals surface area contributed by atoms with Crippen LogP contribution >= 0.6 is 0 Å². The van der Waals surface area contributed by atoms with E-state index in [1.54, 1.807) is 13.1 Å². The first-order chi connectivity index (χ1) is 8.40. The van der Waals surface area contributed by atoms with Gasteiger partial charge in [-0.1, -0.05) is 6.58 Å². The predicted octanol–water partition coefficient (Wildman–Crippen LogP) is -1.53. The third-order valence-corrected chi connectivity index (χ3v) is 3.23. The summed E-state index contributed by atoms with van der Waals surface area (Å²) in [6.45, 7) is 4.92. The number of nitrogens with zero attached hydrogens (tertiary/aromatic N) is 2.